The van der Waals surface area contributed by atoms with E-state index in [1.807, 2.05) is 39.0 Å². The quantitative estimate of drug-likeness (QED) is 0.718. The minimum Gasteiger partial charge on any atom is -0.321 e. The van der Waals surface area contributed by atoms with Crippen LogP contribution in [0, 0.1) is 20.8 Å². The predicted octanol–water partition coefficient (Wildman–Crippen LogP) is 3.04. The van der Waals surface area contributed by atoms with Crippen molar-refractivity contribution in [2.45, 2.75) is 31.4 Å². The molecule has 0 aliphatic heterocycles. The fraction of sp³-hybridized carbons (Fsp3) is 0.278. The zero-order valence-electron chi connectivity index (χ0n) is 14.3. The first kappa shape index (κ1) is 17.8. The Morgan fingerprint density at radius 2 is 1.88 bits per heavy atom. The van der Waals surface area contributed by atoms with Crippen LogP contribution in [0.5, 0.6) is 0 Å². The summed E-state index contributed by atoms with van der Waals surface area (Å²) in [4.78, 5) is 16.2. The molecular weight excluding hydrogens is 356 g/mol. The SMILES string of the molecule is Cc1ccc(S(=O)(=O)NCCc2cc3ccc(C)c(C)c3[nH]c2=O)s1. The van der Waals surface area contributed by atoms with Gasteiger partial charge in [0, 0.05) is 17.0 Å². The smallest absolute Gasteiger partial charge is 0.251 e. The summed E-state index contributed by atoms with van der Waals surface area (Å²) in [5.74, 6) is 0. The molecule has 0 aliphatic rings. The first-order chi connectivity index (χ1) is 11.8. The van der Waals surface area contributed by atoms with Crippen molar-refractivity contribution in [1.82, 2.24) is 9.71 Å². The van der Waals surface area contributed by atoms with E-state index in [0.29, 0.717) is 16.2 Å². The Bertz CT molecular complexity index is 1100. The molecule has 0 amide bonds. The van der Waals surface area contributed by atoms with E-state index in [2.05, 4.69) is 9.71 Å². The zero-order chi connectivity index (χ0) is 18.2. The van der Waals surface area contributed by atoms with Gasteiger partial charge in [0.25, 0.3) is 5.56 Å². The molecule has 0 atom stereocenters. The molecule has 2 heterocycles. The fourth-order valence-corrected chi connectivity index (χ4v) is 5.06. The number of aromatic amines is 1. The third-order valence-electron chi connectivity index (χ3n) is 4.29. The van der Waals surface area contributed by atoms with Crippen LogP contribution in [0.1, 0.15) is 21.6 Å². The van der Waals surface area contributed by atoms with E-state index in [1.54, 1.807) is 12.1 Å². The molecule has 132 valence electrons. The molecule has 0 aliphatic carbocycles. The van der Waals surface area contributed by atoms with E-state index in [0.717, 1.165) is 26.9 Å². The Morgan fingerprint density at radius 3 is 2.56 bits per heavy atom. The minimum absolute atomic E-state index is 0.174. The number of thiophene rings is 1. The van der Waals surface area contributed by atoms with Crippen molar-refractivity contribution in [2.75, 3.05) is 6.54 Å². The number of rotatable bonds is 5. The van der Waals surface area contributed by atoms with E-state index in [-0.39, 0.29) is 12.1 Å². The molecule has 7 heteroatoms. The molecule has 2 aromatic heterocycles. The number of benzene rings is 1. The van der Waals surface area contributed by atoms with Gasteiger partial charge in [-0.05, 0) is 61.9 Å². The van der Waals surface area contributed by atoms with Gasteiger partial charge >= 0.3 is 0 Å². The summed E-state index contributed by atoms with van der Waals surface area (Å²) in [7, 11) is -3.52. The van der Waals surface area contributed by atoms with Gasteiger partial charge in [-0.3, -0.25) is 4.79 Å². The van der Waals surface area contributed by atoms with Crippen LogP contribution in [0.4, 0.5) is 0 Å². The number of H-pyrrole nitrogens is 1. The summed E-state index contributed by atoms with van der Waals surface area (Å²) in [5, 5.41) is 0.953. The Labute approximate surface area is 150 Å². The van der Waals surface area contributed by atoms with Gasteiger partial charge in [0.15, 0.2) is 0 Å². The average Bonchev–Trinajstić information content (AvgIpc) is 3.00. The Kier molecular flexibility index (Phi) is 4.81. The highest BCUT2D eigenvalue weighted by Gasteiger charge is 2.16. The van der Waals surface area contributed by atoms with E-state index in [4.69, 9.17) is 0 Å². The second-order valence-corrected chi connectivity index (χ2v) is 9.39. The molecule has 1 aromatic carbocycles. The van der Waals surface area contributed by atoms with Gasteiger partial charge in [-0.2, -0.15) is 0 Å². The standard InChI is InChI=1S/C18H20N2O3S2/c1-11-4-6-14-10-15(18(21)20-17(14)13(11)3)8-9-19-25(22,23)16-7-5-12(2)24-16/h4-7,10,19H,8-9H2,1-3H3,(H,20,21). The number of hydrogen-bond acceptors (Lipinski definition) is 4. The average molecular weight is 377 g/mol. The van der Waals surface area contributed by atoms with E-state index < -0.39 is 10.0 Å². The van der Waals surface area contributed by atoms with Crippen molar-refractivity contribution < 1.29 is 8.42 Å². The number of hydrogen-bond donors (Lipinski definition) is 2. The Morgan fingerprint density at radius 1 is 1.12 bits per heavy atom. The Balaban J connectivity index is 1.79. The second kappa shape index (κ2) is 6.74. The normalized spacial score (nSPS) is 12.0. The predicted molar refractivity (Wildman–Crippen MR) is 102 cm³/mol. The van der Waals surface area contributed by atoms with Gasteiger partial charge in [0.2, 0.25) is 10.0 Å². The second-order valence-electron chi connectivity index (χ2n) is 6.11. The Hall–Kier alpha value is -1.96. The summed E-state index contributed by atoms with van der Waals surface area (Å²) in [5.41, 5.74) is 3.40. The molecule has 2 N–H and O–H groups in total. The van der Waals surface area contributed by atoms with Crippen molar-refractivity contribution in [3.63, 3.8) is 0 Å². The molecule has 5 nitrogen and oxygen atoms in total. The van der Waals surface area contributed by atoms with Crippen molar-refractivity contribution >= 4 is 32.3 Å². The van der Waals surface area contributed by atoms with Gasteiger partial charge in [0.1, 0.15) is 4.21 Å². The molecule has 0 radical (unpaired) electrons. The maximum absolute atomic E-state index is 12.3. The summed E-state index contributed by atoms with van der Waals surface area (Å²) in [6, 6.07) is 9.19. The molecule has 0 saturated heterocycles. The van der Waals surface area contributed by atoms with Crippen molar-refractivity contribution in [1.29, 1.82) is 0 Å². The lowest BCUT2D eigenvalue weighted by atomic mass is 10.0. The van der Waals surface area contributed by atoms with Crippen LogP contribution in [0.2, 0.25) is 0 Å². The lowest BCUT2D eigenvalue weighted by Crippen LogP contribution is -2.27. The molecule has 3 aromatic rings. The van der Waals surface area contributed by atoms with Crippen LogP contribution >= 0.6 is 11.3 Å². The molecular formula is C18H20N2O3S2. The monoisotopic (exact) mass is 376 g/mol. The third-order valence-corrected chi connectivity index (χ3v) is 7.25. The highest BCUT2D eigenvalue weighted by molar-refractivity contribution is 7.91. The molecule has 0 fully saturated rings. The zero-order valence-corrected chi connectivity index (χ0v) is 16.0. The molecule has 0 saturated carbocycles. The van der Waals surface area contributed by atoms with Crippen molar-refractivity contribution in [3.05, 3.63) is 62.3 Å². The van der Waals surface area contributed by atoms with E-state index >= 15 is 0 Å². The topological polar surface area (TPSA) is 79.0 Å². The highest BCUT2D eigenvalue weighted by Crippen LogP contribution is 2.21. The van der Waals surface area contributed by atoms with Crippen molar-refractivity contribution in [3.8, 4) is 0 Å². The summed E-state index contributed by atoms with van der Waals surface area (Å²) >= 11 is 1.23. The minimum atomic E-state index is -3.52. The molecule has 3 rings (SSSR count). The molecule has 0 unspecified atom stereocenters. The van der Waals surface area contributed by atoms with Gasteiger partial charge in [-0.15, -0.1) is 11.3 Å². The number of pyridine rings is 1. The van der Waals surface area contributed by atoms with Crippen LogP contribution < -0.4 is 10.3 Å². The van der Waals surface area contributed by atoms with Gasteiger partial charge in [0.05, 0.1) is 5.52 Å². The number of sulfonamides is 1. The number of fused-ring (bicyclic) bond motifs is 1. The fourth-order valence-electron chi connectivity index (χ4n) is 2.70. The van der Waals surface area contributed by atoms with Gasteiger partial charge < -0.3 is 4.98 Å². The van der Waals surface area contributed by atoms with Crippen LogP contribution in [0.25, 0.3) is 10.9 Å². The van der Waals surface area contributed by atoms with Crippen LogP contribution in [0.3, 0.4) is 0 Å². The van der Waals surface area contributed by atoms with Gasteiger partial charge in [-0.25, -0.2) is 13.1 Å². The third kappa shape index (κ3) is 3.68. The van der Waals surface area contributed by atoms with Gasteiger partial charge in [-0.1, -0.05) is 12.1 Å². The number of aryl methyl sites for hydroxylation is 3. The first-order valence-electron chi connectivity index (χ1n) is 7.96. The molecule has 0 spiro atoms. The summed E-state index contributed by atoms with van der Waals surface area (Å²) in [6.45, 7) is 6.02. The largest absolute Gasteiger partial charge is 0.321 e. The van der Waals surface area contributed by atoms with Crippen molar-refractivity contribution in [2.24, 2.45) is 0 Å². The van der Waals surface area contributed by atoms with Crippen LogP contribution in [0.15, 0.2) is 39.3 Å². The summed E-state index contributed by atoms with van der Waals surface area (Å²) in [6.07, 6.45) is 0.335. The van der Waals surface area contributed by atoms with Crippen LogP contribution in [-0.2, 0) is 16.4 Å². The molecule has 0 bridgehead atoms. The van der Waals surface area contributed by atoms with E-state index in [9.17, 15) is 13.2 Å². The maximum atomic E-state index is 12.3. The highest BCUT2D eigenvalue weighted by atomic mass is 32.2. The molecule has 25 heavy (non-hydrogen) atoms. The lowest BCUT2D eigenvalue weighted by molar-refractivity contribution is 0.583. The lowest BCUT2D eigenvalue weighted by Gasteiger charge is -2.08. The maximum Gasteiger partial charge on any atom is 0.251 e. The van der Waals surface area contributed by atoms with Crippen LogP contribution in [-0.4, -0.2) is 19.9 Å². The van der Waals surface area contributed by atoms with E-state index in [1.165, 1.54) is 11.3 Å². The first-order valence-corrected chi connectivity index (χ1v) is 10.3. The summed E-state index contributed by atoms with van der Waals surface area (Å²) < 4.78 is 27.3. The number of aromatic nitrogens is 1. The number of nitrogens with one attached hydrogen (secondary N) is 2.